The average molecular weight is 311 g/mol. The van der Waals surface area contributed by atoms with Crippen LogP contribution < -0.4 is 5.32 Å². The van der Waals surface area contributed by atoms with E-state index in [1.165, 1.54) is 12.4 Å². The van der Waals surface area contributed by atoms with E-state index in [2.05, 4.69) is 27.1 Å². The zero-order valence-electron chi connectivity index (χ0n) is 12.0. The first-order valence-electron chi connectivity index (χ1n) is 6.64. The summed E-state index contributed by atoms with van der Waals surface area (Å²) in [7, 11) is 0. The number of ether oxygens (including phenoxy) is 1. The SMILES string of the molecule is O=C(NCC#Cc1cnc(C(=O)O)nc1)OCc1ccccc1. The molecule has 0 aliphatic heterocycles. The molecule has 23 heavy (non-hydrogen) atoms. The van der Waals surface area contributed by atoms with Gasteiger partial charge in [0.15, 0.2) is 0 Å². The van der Waals surface area contributed by atoms with Gasteiger partial charge in [0.05, 0.1) is 12.1 Å². The van der Waals surface area contributed by atoms with Gasteiger partial charge >= 0.3 is 12.1 Å². The molecular formula is C16H13N3O4. The maximum atomic E-state index is 11.5. The highest BCUT2D eigenvalue weighted by Gasteiger charge is 2.04. The minimum Gasteiger partial charge on any atom is -0.475 e. The normalized spacial score (nSPS) is 9.39. The van der Waals surface area contributed by atoms with Gasteiger partial charge in [0.2, 0.25) is 5.82 Å². The van der Waals surface area contributed by atoms with Crippen molar-refractivity contribution in [3.05, 3.63) is 59.7 Å². The highest BCUT2D eigenvalue weighted by molar-refractivity contribution is 5.82. The molecule has 7 nitrogen and oxygen atoms in total. The molecule has 0 unspecified atom stereocenters. The molecule has 1 aromatic heterocycles. The fraction of sp³-hybridized carbons (Fsp3) is 0.125. The molecule has 2 N–H and O–H groups in total. The summed E-state index contributed by atoms with van der Waals surface area (Å²) in [5, 5.41) is 11.1. The lowest BCUT2D eigenvalue weighted by molar-refractivity contribution is 0.0683. The van der Waals surface area contributed by atoms with Crippen LogP contribution in [-0.4, -0.2) is 33.7 Å². The first kappa shape index (κ1) is 16.0. The lowest BCUT2D eigenvalue weighted by atomic mass is 10.2. The summed E-state index contributed by atoms with van der Waals surface area (Å²) < 4.78 is 5.01. The fourth-order valence-electron chi connectivity index (χ4n) is 1.54. The maximum absolute atomic E-state index is 11.5. The fourth-order valence-corrected chi connectivity index (χ4v) is 1.54. The van der Waals surface area contributed by atoms with Gasteiger partial charge < -0.3 is 15.2 Å². The number of benzene rings is 1. The molecule has 0 saturated heterocycles. The summed E-state index contributed by atoms with van der Waals surface area (Å²) in [5.74, 6) is 3.90. The van der Waals surface area contributed by atoms with E-state index in [9.17, 15) is 9.59 Å². The molecule has 1 aromatic carbocycles. The van der Waals surface area contributed by atoms with Crippen molar-refractivity contribution in [1.29, 1.82) is 0 Å². The molecular weight excluding hydrogens is 298 g/mol. The third-order valence-electron chi connectivity index (χ3n) is 2.61. The van der Waals surface area contributed by atoms with Crippen molar-refractivity contribution >= 4 is 12.1 Å². The lowest BCUT2D eigenvalue weighted by Crippen LogP contribution is -2.24. The van der Waals surface area contributed by atoms with Crippen molar-refractivity contribution in [3.63, 3.8) is 0 Å². The Morgan fingerprint density at radius 3 is 2.52 bits per heavy atom. The Morgan fingerprint density at radius 2 is 1.87 bits per heavy atom. The molecule has 0 fully saturated rings. The number of carbonyl (C=O) groups is 2. The van der Waals surface area contributed by atoms with Crippen LogP contribution in [0.15, 0.2) is 42.7 Å². The van der Waals surface area contributed by atoms with Crippen LogP contribution in [0.2, 0.25) is 0 Å². The van der Waals surface area contributed by atoms with Gasteiger partial charge in [-0.1, -0.05) is 42.2 Å². The van der Waals surface area contributed by atoms with Crippen molar-refractivity contribution in [3.8, 4) is 11.8 Å². The molecule has 0 saturated carbocycles. The number of aromatic nitrogens is 2. The van der Waals surface area contributed by atoms with Gasteiger partial charge in [0.1, 0.15) is 6.61 Å². The van der Waals surface area contributed by atoms with E-state index < -0.39 is 12.1 Å². The number of carbonyl (C=O) groups excluding carboxylic acids is 1. The lowest BCUT2D eigenvalue weighted by Gasteiger charge is -2.04. The van der Waals surface area contributed by atoms with Crippen molar-refractivity contribution in [2.75, 3.05) is 6.54 Å². The van der Waals surface area contributed by atoms with Crippen LogP contribution in [0.25, 0.3) is 0 Å². The molecule has 0 aliphatic rings. The molecule has 0 aliphatic carbocycles. The van der Waals surface area contributed by atoms with Gasteiger partial charge in [-0.15, -0.1) is 0 Å². The van der Waals surface area contributed by atoms with Gasteiger partial charge in [-0.2, -0.15) is 0 Å². The van der Waals surface area contributed by atoms with Crippen LogP contribution in [0.4, 0.5) is 4.79 Å². The number of carboxylic acid groups (broad SMARTS) is 1. The van der Waals surface area contributed by atoms with Crippen LogP contribution in [0.3, 0.4) is 0 Å². The number of alkyl carbamates (subject to hydrolysis) is 1. The van der Waals surface area contributed by atoms with Crippen molar-refractivity contribution in [2.24, 2.45) is 0 Å². The van der Waals surface area contributed by atoms with Gasteiger partial charge in [0.25, 0.3) is 0 Å². The number of nitrogens with one attached hydrogen (secondary N) is 1. The van der Waals surface area contributed by atoms with Gasteiger partial charge in [-0.25, -0.2) is 19.6 Å². The van der Waals surface area contributed by atoms with Crippen LogP contribution in [0.5, 0.6) is 0 Å². The maximum Gasteiger partial charge on any atom is 0.408 e. The number of hydrogen-bond donors (Lipinski definition) is 2. The number of amides is 1. The molecule has 116 valence electrons. The molecule has 1 amide bonds. The standard InChI is InChI=1S/C16H13N3O4/c20-15(21)14-18-9-13(10-19-14)7-4-8-17-16(22)23-11-12-5-2-1-3-6-12/h1-3,5-6,9-10H,8,11H2,(H,17,22)(H,20,21). The Balaban J connectivity index is 1.74. The van der Waals surface area contributed by atoms with Gasteiger partial charge in [0, 0.05) is 12.4 Å². The number of carboxylic acids is 1. The first-order chi connectivity index (χ1) is 11.1. The number of hydrogen-bond acceptors (Lipinski definition) is 5. The Kier molecular flexibility index (Phi) is 5.66. The summed E-state index contributed by atoms with van der Waals surface area (Å²) in [6, 6.07) is 9.31. The van der Waals surface area contributed by atoms with E-state index in [1.807, 2.05) is 30.3 Å². The Labute approximate surface area is 132 Å². The Morgan fingerprint density at radius 1 is 1.17 bits per heavy atom. The zero-order valence-corrected chi connectivity index (χ0v) is 12.0. The summed E-state index contributed by atoms with van der Waals surface area (Å²) in [6.45, 7) is 0.277. The Bertz CT molecular complexity index is 733. The third-order valence-corrected chi connectivity index (χ3v) is 2.61. The minimum atomic E-state index is -1.20. The molecule has 0 spiro atoms. The summed E-state index contributed by atoms with van der Waals surface area (Å²) >= 11 is 0. The zero-order chi connectivity index (χ0) is 16.5. The topological polar surface area (TPSA) is 101 Å². The van der Waals surface area contributed by atoms with Crippen molar-refractivity contribution in [2.45, 2.75) is 6.61 Å². The van der Waals surface area contributed by atoms with Crippen LogP contribution in [0.1, 0.15) is 21.7 Å². The predicted molar refractivity (Wildman–Crippen MR) is 80.5 cm³/mol. The Hall–Kier alpha value is -3.40. The highest BCUT2D eigenvalue weighted by Crippen LogP contribution is 2.00. The van der Waals surface area contributed by atoms with Gasteiger partial charge in [-0.3, -0.25) is 0 Å². The van der Waals surface area contributed by atoms with E-state index in [0.717, 1.165) is 5.56 Å². The molecule has 0 bridgehead atoms. The quantitative estimate of drug-likeness (QED) is 0.829. The second kappa shape index (κ2) is 8.14. The molecule has 2 rings (SSSR count). The van der Waals surface area contributed by atoms with E-state index >= 15 is 0 Å². The molecule has 0 radical (unpaired) electrons. The van der Waals surface area contributed by atoms with Crippen LogP contribution >= 0.6 is 0 Å². The molecule has 7 heteroatoms. The smallest absolute Gasteiger partial charge is 0.408 e. The van der Waals surface area contributed by atoms with Crippen molar-refractivity contribution in [1.82, 2.24) is 15.3 Å². The van der Waals surface area contributed by atoms with E-state index in [4.69, 9.17) is 9.84 Å². The summed E-state index contributed by atoms with van der Waals surface area (Å²) in [4.78, 5) is 29.3. The highest BCUT2D eigenvalue weighted by atomic mass is 16.5. The molecule has 2 aromatic rings. The van der Waals surface area contributed by atoms with E-state index in [1.54, 1.807) is 0 Å². The molecule has 1 heterocycles. The monoisotopic (exact) mass is 311 g/mol. The largest absolute Gasteiger partial charge is 0.475 e. The number of aromatic carboxylic acids is 1. The van der Waals surface area contributed by atoms with Crippen LogP contribution in [-0.2, 0) is 11.3 Å². The summed E-state index contributed by atoms with van der Waals surface area (Å²) in [6.07, 6.45) is 2.04. The summed E-state index contributed by atoms with van der Waals surface area (Å²) in [5.41, 5.74) is 1.35. The van der Waals surface area contributed by atoms with Gasteiger partial charge in [-0.05, 0) is 5.56 Å². The van der Waals surface area contributed by atoms with E-state index in [0.29, 0.717) is 5.56 Å². The van der Waals surface area contributed by atoms with E-state index in [-0.39, 0.29) is 19.0 Å². The predicted octanol–water partition coefficient (Wildman–Crippen LogP) is 1.45. The average Bonchev–Trinajstić information content (AvgIpc) is 2.58. The first-order valence-corrected chi connectivity index (χ1v) is 6.64. The van der Waals surface area contributed by atoms with Crippen molar-refractivity contribution < 1.29 is 19.4 Å². The van der Waals surface area contributed by atoms with Crippen LogP contribution in [0, 0.1) is 11.8 Å². The second-order valence-electron chi connectivity index (χ2n) is 4.32. The number of nitrogens with zero attached hydrogens (tertiary/aromatic N) is 2. The molecule has 0 atom stereocenters. The minimum absolute atomic E-state index is 0.0916. The second-order valence-corrected chi connectivity index (χ2v) is 4.32. The third kappa shape index (κ3) is 5.47. The number of rotatable bonds is 4.